The first-order valence-corrected chi connectivity index (χ1v) is 7.23. The number of para-hydroxylation sites is 1. The minimum atomic E-state index is -0.495. The van der Waals surface area contributed by atoms with Crippen LogP contribution in [0.5, 0.6) is 5.75 Å². The average molecular weight is 309 g/mol. The first-order chi connectivity index (χ1) is 11.1. The maximum atomic E-state index is 12.7. The van der Waals surface area contributed by atoms with Crippen molar-refractivity contribution >= 4 is 17.3 Å². The Morgan fingerprint density at radius 3 is 2.57 bits per heavy atom. The summed E-state index contributed by atoms with van der Waals surface area (Å²) in [7, 11) is 0. The van der Waals surface area contributed by atoms with E-state index in [4.69, 9.17) is 4.74 Å². The second kappa shape index (κ2) is 5.96. The van der Waals surface area contributed by atoms with Crippen LogP contribution in [0.3, 0.4) is 0 Å². The van der Waals surface area contributed by atoms with Crippen LogP contribution in [-0.4, -0.2) is 27.9 Å². The molecule has 0 aliphatic carbocycles. The number of aromatic hydroxyl groups is 1. The lowest BCUT2D eigenvalue weighted by Gasteiger charge is -2.03. The molecule has 2 aromatic heterocycles. The van der Waals surface area contributed by atoms with Gasteiger partial charge in [-0.25, -0.2) is 4.79 Å². The number of esters is 1. The molecule has 2 heterocycles. The molecule has 0 radical (unpaired) electrons. The lowest BCUT2D eigenvalue weighted by atomic mass is 10.0. The molecule has 23 heavy (non-hydrogen) atoms. The zero-order chi connectivity index (χ0) is 16.4. The van der Waals surface area contributed by atoms with E-state index in [1.165, 1.54) is 12.1 Å². The van der Waals surface area contributed by atoms with E-state index in [9.17, 15) is 14.7 Å². The molecular formula is C18H15NO4. The van der Waals surface area contributed by atoms with Crippen molar-refractivity contribution in [1.29, 1.82) is 0 Å². The Morgan fingerprint density at radius 1 is 1.09 bits per heavy atom. The van der Waals surface area contributed by atoms with Gasteiger partial charge in [0.2, 0.25) is 0 Å². The van der Waals surface area contributed by atoms with E-state index >= 15 is 0 Å². The largest absolute Gasteiger partial charge is 0.507 e. The number of phenolic OH excluding ortho intramolecular Hbond substituents is 1. The Hall–Kier alpha value is -3.08. The summed E-state index contributed by atoms with van der Waals surface area (Å²) in [6, 6.07) is 13.1. The molecule has 0 aliphatic heterocycles. The van der Waals surface area contributed by atoms with E-state index in [0.29, 0.717) is 11.1 Å². The van der Waals surface area contributed by atoms with Gasteiger partial charge in [-0.2, -0.15) is 0 Å². The van der Waals surface area contributed by atoms with Gasteiger partial charge in [0.1, 0.15) is 11.4 Å². The summed E-state index contributed by atoms with van der Waals surface area (Å²) < 4.78 is 6.65. The fourth-order valence-electron chi connectivity index (χ4n) is 2.51. The fourth-order valence-corrected chi connectivity index (χ4v) is 2.51. The van der Waals surface area contributed by atoms with Gasteiger partial charge in [0.15, 0.2) is 5.78 Å². The van der Waals surface area contributed by atoms with Crippen LogP contribution in [0.25, 0.3) is 5.52 Å². The first kappa shape index (κ1) is 14.8. The van der Waals surface area contributed by atoms with Crippen LogP contribution in [0, 0.1) is 0 Å². The SMILES string of the molecule is CCOC(=O)c1cc(C(=O)c2ccccc2O)c2ccccn12. The highest BCUT2D eigenvalue weighted by Crippen LogP contribution is 2.25. The predicted octanol–water partition coefficient (Wildman–Crippen LogP) is 3.05. The molecule has 1 N–H and O–H groups in total. The monoisotopic (exact) mass is 309 g/mol. The lowest BCUT2D eigenvalue weighted by Crippen LogP contribution is -2.07. The Kier molecular flexibility index (Phi) is 3.85. The molecule has 0 amide bonds. The van der Waals surface area contributed by atoms with E-state index in [0.717, 1.165) is 0 Å². The minimum Gasteiger partial charge on any atom is -0.507 e. The molecule has 0 saturated carbocycles. The molecular weight excluding hydrogens is 294 g/mol. The Morgan fingerprint density at radius 2 is 1.83 bits per heavy atom. The van der Waals surface area contributed by atoms with Gasteiger partial charge in [0.05, 0.1) is 17.7 Å². The number of aromatic nitrogens is 1. The quantitative estimate of drug-likeness (QED) is 0.594. The van der Waals surface area contributed by atoms with Gasteiger partial charge in [0.25, 0.3) is 0 Å². The molecule has 0 bridgehead atoms. The summed E-state index contributed by atoms with van der Waals surface area (Å²) in [6.45, 7) is 1.98. The number of hydrogen-bond donors (Lipinski definition) is 1. The van der Waals surface area contributed by atoms with Gasteiger partial charge < -0.3 is 14.2 Å². The number of rotatable bonds is 4. The molecule has 5 heteroatoms. The topological polar surface area (TPSA) is 68.0 Å². The highest BCUT2D eigenvalue weighted by atomic mass is 16.5. The maximum absolute atomic E-state index is 12.7. The summed E-state index contributed by atoms with van der Waals surface area (Å²) in [6.07, 6.45) is 1.70. The zero-order valence-corrected chi connectivity index (χ0v) is 12.5. The molecule has 0 spiro atoms. The third-order valence-corrected chi connectivity index (χ3v) is 3.55. The number of ketones is 1. The number of carbonyl (C=O) groups excluding carboxylic acids is 2. The predicted molar refractivity (Wildman–Crippen MR) is 84.9 cm³/mol. The first-order valence-electron chi connectivity index (χ1n) is 7.23. The summed E-state index contributed by atoms with van der Waals surface area (Å²) >= 11 is 0. The van der Waals surface area contributed by atoms with Gasteiger partial charge in [-0.3, -0.25) is 4.79 Å². The van der Waals surface area contributed by atoms with Crippen LogP contribution in [0.2, 0.25) is 0 Å². The summed E-state index contributed by atoms with van der Waals surface area (Å²) in [4.78, 5) is 24.8. The second-order valence-corrected chi connectivity index (χ2v) is 4.97. The van der Waals surface area contributed by atoms with Crippen LogP contribution in [0.15, 0.2) is 54.7 Å². The molecule has 116 valence electrons. The molecule has 0 atom stereocenters. The maximum Gasteiger partial charge on any atom is 0.355 e. The van der Waals surface area contributed by atoms with Crippen molar-refractivity contribution in [3.05, 3.63) is 71.5 Å². The minimum absolute atomic E-state index is 0.0922. The van der Waals surface area contributed by atoms with E-state index < -0.39 is 5.97 Å². The summed E-state index contributed by atoms with van der Waals surface area (Å²) in [5, 5.41) is 9.90. The van der Waals surface area contributed by atoms with Crippen LogP contribution in [0.1, 0.15) is 33.3 Å². The van der Waals surface area contributed by atoms with Crippen molar-refractivity contribution in [1.82, 2.24) is 4.40 Å². The van der Waals surface area contributed by atoms with Crippen molar-refractivity contribution in [2.45, 2.75) is 6.92 Å². The third-order valence-electron chi connectivity index (χ3n) is 3.55. The standard InChI is InChI=1S/C18H15NO4/c1-2-23-18(22)15-11-13(14-8-5-6-10-19(14)15)17(21)12-7-3-4-9-16(12)20/h3-11,20H,2H2,1H3. The molecule has 3 aromatic rings. The Labute approximate surface area is 132 Å². The molecule has 0 unspecified atom stereocenters. The van der Waals surface area contributed by atoms with Gasteiger partial charge in [-0.15, -0.1) is 0 Å². The van der Waals surface area contributed by atoms with Crippen molar-refractivity contribution in [2.75, 3.05) is 6.61 Å². The van der Waals surface area contributed by atoms with Gasteiger partial charge in [0, 0.05) is 11.8 Å². The van der Waals surface area contributed by atoms with Crippen molar-refractivity contribution in [2.24, 2.45) is 0 Å². The molecule has 1 aromatic carbocycles. The highest BCUT2D eigenvalue weighted by molar-refractivity contribution is 6.15. The van der Waals surface area contributed by atoms with Crippen molar-refractivity contribution in [3.63, 3.8) is 0 Å². The van der Waals surface area contributed by atoms with E-state index in [1.807, 2.05) is 0 Å². The third kappa shape index (κ3) is 2.57. The van der Waals surface area contributed by atoms with Gasteiger partial charge in [-0.1, -0.05) is 18.2 Å². The zero-order valence-electron chi connectivity index (χ0n) is 12.5. The normalized spacial score (nSPS) is 10.7. The van der Waals surface area contributed by atoms with E-state index in [-0.39, 0.29) is 29.4 Å². The summed E-state index contributed by atoms with van der Waals surface area (Å²) in [5.41, 5.74) is 1.40. The number of benzene rings is 1. The number of carbonyl (C=O) groups is 2. The van der Waals surface area contributed by atoms with E-state index in [1.54, 1.807) is 53.9 Å². The molecule has 0 fully saturated rings. The van der Waals surface area contributed by atoms with Crippen LogP contribution in [0.4, 0.5) is 0 Å². The highest BCUT2D eigenvalue weighted by Gasteiger charge is 2.22. The second-order valence-electron chi connectivity index (χ2n) is 4.97. The molecule has 3 rings (SSSR count). The number of nitrogens with zero attached hydrogens (tertiary/aromatic N) is 1. The summed E-state index contributed by atoms with van der Waals surface area (Å²) in [5.74, 6) is -0.933. The Balaban J connectivity index is 2.17. The van der Waals surface area contributed by atoms with Gasteiger partial charge >= 0.3 is 5.97 Å². The number of phenols is 1. The molecule has 0 aliphatic rings. The van der Waals surface area contributed by atoms with E-state index in [2.05, 4.69) is 0 Å². The molecule has 0 saturated heterocycles. The number of ether oxygens (including phenoxy) is 1. The fraction of sp³-hybridized carbons (Fsp3) is 0.111. The van der Waals surface area contributed by atoms with Gasteiger partial charge in [-0.05, 0) is 37.3 Å². The number of hydrogen-bond acceptors (Lipinski definition) is 4. The lowest BCUT2D eigenvalue weighted by molar-refractivity contribution is 0.0518. The van der Waals surface area contributed by atoms with Crippen LogP contribution >= 0.6 is 0 Å². The van der Waals surface area contributed by atoms with Crippen molar-refractivity contribution in [3.8, 4) is 5.75 Å². The molecule has 5 nitrogen and oxygen atoms in total. The average Bonchev–Trinajstić information content (AvgIpc) is 2.95. The smallest absolute Gasteiger partial charge is 0.355 e. The van der Waals surface area contributed by atoms with Crippen LogP contribution in [-0.2, 0) is 4.74 Å². The van der Waals surface area contributed by atoms with Crippen LogP contribution < -0.4 is 0 Å². The van der Waals surface area contributed by atoms with Crippen molar-refractivity contribution < 1.29 is 19.4 Å². The number of fused-ring (bicyclic) bond motifs is 1. The Bertz CT molecular complexity index is 895. The number of pyridine rings is 1.